The van der Waals surface area contributed by atoms with E-state index < -0.39 is 17.7 Å². The van der Waals surface area contributed by atoms with E-state index in [0.717, 1.165) is 6.07 Å². The van der Waals surface area contributed by atoms with E-state index in [-0.39, 0.29) is 11.8 Å². The third-order valence-electron chi connectivity index (χ3n) is 7.55. The van der Waals surface area contributed by atoms with Crippen molar-refractivity contribution in [2.24, 2.45) is 12.0 Å². The van der Waals surface area contributed by atoms with Gasteiger partial charge in [-0.05, 0) is 50.2 Å². The summed E-state index contributed by atoms with van der Waals surface area (Å²) in [6.45, 7) is 2.98. The Hall–Kier alpha value is -4.25. The molecular formula is C30H34F2N6O3. The van der Waals surface area contributed by atoms with Crippen LogP contribution in [-0.2, 0) is 11.8 Å². The molecule has 9 nitrogen and oxygen atoms in total. The SMILES string of the molecule is CNCC1=C(C(=O)N2CCC(c3ccc(F)cc3F)C2)C(C)N=C(c2ccn(C)n2)N1c1c(OC)cccc1OC. The molecule has 2 aromatic carbocycles. The van der Waals surface area contributed by atoms with Crippen molar-refractivity contribution in [2.45, 2.75) is 25.3 Å². The van der Waals surface area contributed by atoms with Gasteiger partial charge in [-0.25, -0.2) is 8.78 Å². The molecule has 1 amide bonds. The molecule has 5 rings (SSSR count). The second-order valence-corrected chi connectivity index (χ2v) is 10.1. The van der Waals surface area contributed by atoms with Crippen molar-refractivity contribution in [1.82, 2.24) is 20.0 Å². The first-order chi connectivity index (χ1) is 19.8. The molecule has 1 fully saturated rings. The minimum Gasteiger partial charge on any atom is -0.494 e. The molecule has 1 aromatic heterocycles. The molecule has 1 N–H and O–H groups in total. The minimum atomic E-state index is -0.622. The lowest BCUT2D eigenvalue weighted by Crippen LogP contribution is -2.45. The van der Waals surface area contributed by atoms with Gasteiger partial charge in [-0.2, -0.15) is 5.10 Å². The largest absolute Gasteiger partial charge is 0.494 e. The highest BCUT2D eigenvalue weighted by atomic mass is 19.1. The van der Waals surface area contributed by atoms with E-state index in [1.807, 2.05) is 56.4 Å². The first-order valence-electron chi connectivity index (χ1n) is 13.5. The van der Waals surface area contributed by atoms with Gasteiger partial charge in [0.25, 0.3) is 5.91 Å². The predicted octanol–water partition coefficient (Wildman–Crippen LogP) is 3.86. The fourth-order valence-corrected chi connectivity index (χ4v) is 5.65. The molecule has 1 saturated heterocycles. The number of amidine groups is 1. The topological polar surface area (TPSA) is 84.2 Å². The van der Waals surface area contributed by atoms with Crippen LogP contribution in [0.2, 0.25) is 0 Å². The summed E-state index contributed by atoms with van der Waals surface area (Å²) in [5, 5.41) is 7.83. The molecule has 2 unspecified atom stereocenters. The summed E-state index contributed by atoms with van der Waals surface area (Å²) in [4.78, 5) is 22.9. The number of hydrogen-bond acceptors (Lipinski definition) is 7. The summed E-state index contributed by atoms with van der Waals surface area (Å²) in [6.07, 6.45) is 2.41. The molecule has 0 spiro atoms. The third-order valence-corrected chi connectivity index (χ3v) is 7.55. The van der Waals surface area contributed by atoms with Crippen molar-refractivity contribution in [3.63, 3.8) is 0 Å². The molecule has 3 heterocycles. The Labute approximate surface area is 238 Å². The summed E-state index contributed by atoms with van der Waals surface area (Å²) < 4.78 is 41.3. The number of para-hydroxylation sites is 1. The Morgan fingerprint density at radius 2 is 1.85 bits per heavy atom. The maximum Gasteiger partial charge on any atom is 0.253 e. The number of aromatic nitrogens is 2. The lowest BCUT2D eigenvalue weighted by molar-refractivity contribution is -0.126. The summed E-state index contributed by atoms with van der Waals surface area (Å²) in [5.41, 5.74) is 2.82. The second-order valence-electron chi connectivity index (χ2n) is 10.1. The number of amides is 1. The second kappa shape index (κ2) is 11.7. The van der Waals surface area contributed by atoms with Gasteiger partial charge in [-0.15, -0.1) is 0 Å². The monoisotopic (exact) mass is 564 g/mol. The zero-order chi connectivity index (χ0) is 29.3. The Morgan fingerprint density at radius 3 is 2.46 bits per heavy atom. The van der Waals surface area contributed by atoms with Crippen LogP contribution in [0, 0.1) is 11.6 Å². The van der Waals surface area contributed by atoms with Crippen LogP contribution in [0.4, 0.5) is 14.5 Å². The number of carbonyl (C=O) groups excluding carboxylic acids is 1. The quantitative estimate of drug-likeness (QED) is 0.448. The Balaban J connectivity index is 1.61. The van der Waals surface area contributed by atoms with Crippen molar-refractivity contribution in [2.75, 3.05) is 45.8 Å². The number of ether oxygens (including phenoxy) is 2. The van der Waals surface area contributed by atoms with Crippen molar-refractivity contribution in [1.29, 1.82) is 0 Å². The first-order valence-corrected chi connectivity index (χ1v) is 13.5. The van der Waals surface area contributed by atoms with Crippen LogP contribution >= 0.6 is 0 Å². The summed E-state index contributed by atoms with van der Waals surface area (Å²) in [7, 11) is 6.80. The predicted molar refractivity (Wildman–Crippen MR) is 152 cm³/mol. The number of benzene rings is 2. The number of aryl methyl sites for hydroxylation is 1. The smallest absolute Gasteiger partial charge is 0.253 e. The van der Waals surface area contributed by atoms with Gasteiger partial charge >= 0.3 is 0 Å². The summed E-state index contributed by atoms with van der Waals surface area (Å²) >= 11 is 0. The number of carbonyl (C=O) groups is 1. The van der Waals surface area contributed by atoms with Gasteiger partial charge in [0, 0.05) is 50.6 Å². The van der Waals surface area contributed by atoms with Crippen molar-refractivity contribution >= 4 is 17.4 Å². The molecule has 2 aliphatic heterocycles. The molecule has 216 valence electrons. The fraction of sp³-hybridized carbons (Fsp3) is 0.367. The molecule has 41 heavy (non-hydrogen) atoms. The molecule has 0 radical (unpaired) electrons. The maximum absolute atomic E-state index is 14.6. The maximum atomic E-state index is 14.6. The molecule has 0 aliphatic carbocycles. The van der Waals surface area contributed by atoms with E-state index in [2.05, 4.69) is 10.4 Å². The molecule has 11 heteroatoms. The number of methoxy groups -OCH3 is 2. The Bertz CT molecular complexity index is 1500. The molecule has 0 bridgehead atoms. The summed E-state index contributed by atoms with van der Waals surface area (Å²) in [6, 6.07) is 10.5. The van der Waals surface area contributed by atoms with Crippen LogP contribution in [-0.4, -0.2) is 73.4 Å². The van der Waals surface area contributed by atoms with E-state index >= 15 is 0 Å². The molecule has 2 aliphatic rings. The average molecular weight is 565 g/mol. The van der Waals surface area contributed by atoms with E-state index in [1.165, 1.54) is 12.1 Å². The first kappa shape index (κ1) is 28.3. The number of likely N-dealkylation sites (tertiary alicyclic amines) is 1. The molecule has 2 atom stereocenters. The van der Waals surface area contributed by atoms with Gasteiger partial charge in [-0.1, -0.05) is 12.1 Å². The average Bonchev–Trinajstić information content (AvgIpc) is 3.62. The third kappa shape index (κ3) is 5.29. The Kier molecular flexibility index (Phi) is 8.07. The number of nitrogens with one attached hydrogen (secondary N) is 1. The van der Waals surface area contributed by atoms with Crippen LogP contribution in [0.1, 0.15) is 30.5 Å². The van der Waals surface area contributed by atoms with Crippen LogP contribution in [0.3, 0.4) is 0 Å². The van der Waals surface area contributed by atoms with Gasteiger partial charge in [0.2, 0.25) is 0 Å². The molecular weight excluding hydrogens is 530 g/mol. The van der Waals surface area contributed by atoms with Gasteiger partial charge in [0.15, 0.2) is 5.84 Å². The van der Waals surface area contributed by atoms with E-state index in [9.17, 15) is 13.6 Å². The number of halogens is 2. The zero-order valence-corrected chi connectivity index (χ0v) is 23.8. The number of likely N-dealkylation sites (N-methyl/N-ethyl adjacent to an activating group) is 1. The van der Waals surface area contributed by atoms with Gasteiger partial charge < -0.3 is 19.7 Å². The summed E-state index contributed by atoms with van der Waals surface area (Å²) in [5.74, 6) is -0.00415. The number of anilines is 1. The van der Waals surface area contributed by atoms with Gasteiger partial charge in [0.1, 0.15) is 34.5 Å². The van der Waals surface area contributed by atoms with Crippen molar-refractivity contribution in [3.05, 3.63) is 82.8 Å². The minimum absolute atomic E-state index is 0.185. The highest BCUT2D eigenvalue weighted by Crippen LogP contribution is 2.43. The highest BCUT2D eigenvalue weighted by molar-refractivity contribution is 6.15. The standard InChI is InChI=1S/C30H34F2N6O3/c1-18-27(30(39)37-14-11-19(17-37)21-10-9-20(31)15-22(21)32)24(16-33-2)38(29(34-18)23-12-13-36(3)35-23)28-25(40-4)7-6-8-26(28)41-5/h6-10,12-13,15,18-19,33H,11,14,16-17H2,1-5H3. The van der Waals surface area contributed by atoms with Crippen molar-refractivity contribution in [3.8, 4) is 11.5 Å². The lowest BCUT2D eigenvalue weighted by Gasteiger charge is -2.37. The highest BCUT2D eigenvalue weighted by Gasteiger charge is 2.40. The van der Waals surface area contributed by atoms with Crippen LogP contribution < -0.4 is 19.7 Å². The van der Waals surface area contributed by atoms with E-state index in [1.54, 1.807) is 23.8 Å². The number of rotatable bonds is 8. The van der Waals surface area contributed by atoms with Crippen molar-refractivity contribution < 1.29 is 23.0 Å². The fourth-order valence-electron chi connectivity index (χ4n) is 5.65. The number of nitrogens with zero attached hydrogens (tertiary/aromatic N) is 5. The molecule has 3 aromatic rings. The van der Waals surface area contributed by atoms with Crippen LogP contribution in [0.15, 0.2) is 64.9 Å². The van der Waals surface area contributed by atoms with Crippen LogP contribution in [0.5, 0.6) is 11.5 Å². The van der Waals surface area contributed by atoms with Crippen LogP contribution in [0.25, 0.3) is 0 Å². The number of aliphatic imine (C=N–C) groups is 1. The van der Waals surface area contributed by atoms with E-state index in [0.29, 0.717) is 71.6 Å². The van der Waals surface area contributed by atoms with Gasteiger partial charge in [-0.3, -0.25) is 19.4 Å². The van der Waals surface area contributed by atoms with E-state index in [4.69, 9.17) is 14.5 Å². The normalized spacial score (nSPS) is 19.0. The van der Waals surface area contributed by atoms with Gasteiger partial charge in [0.05, 0.1) is 25.8 Å². The Morgan fingerprint density at radius 1 is 1.12 bits per heavy atom. The lowest BCUT2D eigenvalue weighted by atomic mass is 9.97. The number of hydrogen-bond donors (Lipinski definition) is 1. The molecule has 0 saturated carbocycles. The zero-order valence-electron chi connectivity index (χ0n) is 23.8.